The Kier molecular flexibility index (Phi) is 4.36. The van der Waals surface area contributed by atoms with Crippen molar-refractivity contribution in [1.29, 1.82) is 0 Å². The summed E-state index contributed by atoms with van der Waals surface area (Å²) >= 11 is 0. The SMILES string of the molecule is CN(C)C=C1C=C(C(C)(C)C)C(O)C(C(C)(C)C)=C1. The molecule has 0 aromatic carbocycles. The van der Waals surface area contributed by atoms with Crippen molar-refractivity contribution >= 4 is 0 Å². The minimum Gasteiger partial charge on any atom is -0.384 e. The molecule has 19 heavy (non-hydrogen) atoms. The average Bonchev–Trinajstić information content (AvgIpc) is 2.16. The lowest BCUT2D eigenvalue weighted by Crippen LogP contribution is -2.32. The second kappa shape index (κ2) is 5.16. The Morgan fingerprint density at radius 1 is 0.947 bits per heavy atom. The predicted molar refractivity (Wildman–Crippen MR) is 82.9 cm³/mol. The molecular formula is C17H29NO. The van der Waals surface area contributed by atoms with Crippen LogP contribution in [0.4, 0.5) is 0 Å². The zero-order chi connectivity index (χ0) is 15.0. The molecule has 0 unspecified atom stereocenters. The molecule has 1 rings (SSSR count). The molecule has 0 bridgehead atoms. The van der Waals surface area contributed by atoms with Crippen LogP contribution in [0.25, 0.3) is 0 Å². The number of hydrogen-bond donors (Lipinski definition) is 1. The topological polar surface area (TPSA) is 23.5 Å². The second-order valence-electron chi connectivity index (χ2n) is 7.69. The first kappa shape index (κ1) is 16.0. The molecule has 0 fully saturated rings. The standard InChI is InChI=1S/C17H29NO/c1-16(2,3)13-9-12(11-18(7)8)10-14(15(13)19)17(4,5)6/h9-11,15,19H,1-8H3. The van der Waals surface area contributed by atoms with E-state index in [-0.39, 0.29) is 10.8 Å². The molecule has 1 aliphatic carbocycles. The van der Waals surface area contributed by atoms with Crippen LogP contribution in [0.1, 0.15) is 41.5 Å². The molecular weight excluding hydrogens is 234 g/mol. The van der Waals surface area contributed by atoms with Crippen molar-refractivity contribution in [2.45, 2.75) is 47.6 Å². The summed E-state index contributed by atoms with van der Waals surface area (Å²) in [5.74, 6) is 0. The van der Waals surface area contributed by atoms with Gasteiger partial charge in [0, 0.05) is 20.3 Å². The lowest BCUT2D eigenvalue weighted by Gasteiger charge is -2.37. The molecule has 0 atom stereocenters. The number of rotatable bonds is 1. The summed E-state index contributed by atoms with van der Waals surface area (Å²) in [5.41, 5.74) is 3.27. The highest BCUT2D eigenvalue weighted by Crippen LogP contribution is 2.41. The summed E-state index contributed by atoms with van der Waals surface area (Å²) in [4.78, 5) is 2.04. The van der Waals surface area contributed by atoms with E-state index in [2.05, 4.69) is 59.9 Å². The van der Waals surface area contributed by atoms with Gasteiger partial charge in [-0.05, 0) is 27.5 Å². The number of aliphatic hydroxyl groups excluding tert-OH is 1. The summed E-state index contributed by atoms with van der Waals surface area (Å²) in [6.45, 7) is 12.9. The van der Waals surface area contributed by atoms with Crippen LogP contribution in [-0.4, -0.2) is 30.2 Å². The van der Waals surface area contributed by atoms with E-state index in [1.807, 2.05) is 19.0 Å². The van der Waals surface area contributed by atoms with Gasteiger partial charge in [0.25, 0.3) is 0 Å². The molecule has 1 N–H and O–H groups in total. The molecule has 0 heterocycles. The van der Waals surface area contributed by atoms with E-state index in [0.29, 0.717) is 0 Å². The minimum atomic E-state index is -0.473. The summed E-state index contributed by atoms with van der Waals surface area (Å²) in [5, 5.41) is 10.7. The van der Waals surface area contributed by atoms with Crippen molar-refractivity contribution in [3.63, 3.8) is 0 Å². The third-order valence-electron chi connectivity index (χ3n) is 3.37. The maximum absolute atomic E-state index is 10.7. The average molecular weight is 263 g/mol. The Morgan fingerprint density at radius 2 is 1.32 bits per heavy atom. The third kappa shape index (κ3) is 3.97. The lowest BCUT2D eigenvalue weighted by molar-refractivity contribution is 0.191. The second-order valence-corrected chi connectivity index (χ2v) is 7.69. The van der Waals surface area contributed by atoms with E-state index in [9.17, 15) is 5.11 Å². The molecule has 0 spiro atoms. The highest BCUT2D eigenvalue weighted by atomic mass is 16.3. The number of aliphatic hydroxyl groups is 1. The fraction of sp³-hybridized carbons (Fsp3) is 0.647. The van der Waals surface area contributed by atoms with E-state index >= 15 is 0 Å². The molecule has 0 radical (unpaired) electrons. The van der Waals surface area contributed by atoms with E-state index < -0.39 is 6.10 Å². The van der Waals surface area contributed by atoms with Crippen molar-refractivity contribution in [2.24, 2.45) is 10.8 Å². The van der Waals surface area contributed by atoms with Crippen molar-refractivity contribution < 1.29 is 5.11 Å². The number of allylic oxidation sites excluding steroid dienone is 3. The van der Waals surface area contributed by atoms with Crippen LogP contribution in [0.3, 0.4) is 0 Å². The van der Waals surface area contributed by atoms with Crippen LogP contribution in [0, 0.1) is 10.8 Å². The fourth-order valence-electron chi connectivity index (χ4n) is 2.35. The molecule has 0 aromatic heterocycles. The molecule has 2 heteroatoms. The summed E-state index contributed by atoms with van der Waals surface area (Å²) in [6, 6.07) is 0. The Morgan fingerprint density at radius 3 is 1.58 bits per heavy atom. The Hall–Kier alpha value is -1.02. The smallest absolute Gasteiger partial charge is 0.0977 e. The van der Waals surface area contributed by atoms with Crippen LogP contribution >= 0.6 is 0 Å². The quantitative estimate of drug-likeness (QED) is 0.779. The van der Waals surface area contributed by atoms with Crippen molar-refractivity contribution in [2.75, 3.05) is 14.1 Å². The summed E-state index contributed by atoms with van der Waals surface area (Å²) < 4.78 is 0. The highest BCUT2D eigenvalue weighted by molar-refractivity contribution is 5.48. The largest absolute Gasteiger partial charge is 0.384 e. The molecule has 108 valence electrons. The first-order valence-corrected chi connectivity index (χ1v) is 6.93. The van der Waals surface area contributed by atoms with Gasteiger partial charge in [-0.25, -0.2) is 0 Å². The molecule has 1 aliphatic rings. The van der Waals surface area contributed by atoms with Crippen LogP contribution in [-0.2, 0) is 0 Å². The minimum absolute atomic E-state index is 0.0322. The lowest BCUT2D eigenvalue weighted by atomic mass is 9.71. The molecule has 0 aromatic rings. The van der Waals surface area contributed by atoms with Crippen LogP contribution in [0.5, 0.6) is 0 Å². The van der Waals surface area contributed by atoms with Crippen molar-refractivity contribution in [1.82, 2.24) is 4.90 Å². The Labute approximate surface area is 118 Å². The van der Waals surface area contributed by atoms with E-state index in [1.165, 1.54) is 0 Å². The summed E-state index contributed by atoms with van der Waals surface area (Å²) in [6.07, 6.45) is 5.88. The van der Waals surface area contributed by atoms with Gasteiger partial charge in [0.1, 0.15) is 0 Å². The van der Waals surface area contributed by atoms with Crippen LogP contribution in [0.2, 0.25) is 0 Å². The predicted octanol–water partition coefficient (Wildman–Crippen LogP) is 3.75. The van der Waals surface area contributed by atoms with Crippen molar-refractivity contribution in [3.8, 4) is 0 Å². The van der Waals surface area contributed by atoms with Gasteiger partial charge in [0.2, 0.25) is 0 Å². The molecule has 2 nitrogen and oxygen atoms in total. The molecule has 0 amide bonds. The zero-order valence-corrected chi connectivity index (χ0v) is 13.7. The highest BCUT2D eigenvalue weighted by Gasteiger charge is 2.34. The first-order valence-electron chi connectivity index (χ1n) is 6.93. The maximum atomic E-state index is 10.7. The Balaban J connectivity index is 3.34. The van der Waals surface area contributed by atoms with Crippen LogP contribution in [0.15, 0.2) is 35.1 Å². The number of hydrogen-bond acceptors (Lipinski definition) is 2. The molecule has 0 saturated carbocycles. The van der Waals surface area contributed by atoms with E-state index in [4.69, 9.17) is 0 Å². The van der Waals surface area contributed by atoms with Gasteiger partial charge in [0.05, 0.1) is 6.10 Å². The maximum Gasteiger partial charge on any atom is 0.0977 e. The van der Waals surface area contributed by atoms with Gasteiger partial charge < -0.3 is 10.0 Å². The monoisotopic (exact) mass is 263 g/mol. The van der Waals surface area contributed by atoms with E-state index in [0.717, 1.165) is 16.7 Å². The Bertz CT molecular complexity index is 391. The van der Waals surface area contributed by atoms with Gasteiger partial charge >= 0.3 is 0 Å². The molecule has 0 aliphatic heterocycles. The number of nitrogens with zero attached hydrogens (tertiary/aromatic N) is 1. The van der Waals surface area contributed by atoms with Gasteiger partial charge in [-0.15, -0.1) is 0 Å². The van der Waals surface area contributed by atoms with Gasteiger partial charge in [-0.2, -0.15) is 0 Å². The summed E-state index contributed by atoms with van der Waals surface area (Å²) in [7, 11) is 4.04. The van der Waals surface area contributed by atoms with Gasteiger partial charge in [-0.1, -0.05) is 53.7 Å². The molecule has 0 saturated heterocycles. The van der Waals surface area contributed by atoms with E-state index in [1.54, 1.807) is 0 Å². The first-order chi connectivity index (χ1) is 8.43. The van der Waals surface area contributed by atoms with Gasteiger partial charge in [-0.3, -0.25) is 0 Å². The normalized spacial score (nSPS) is 20.9. The van der Waals surface area contributed by atoms with Crippen LogP contribution < -0.4 is 0 Å². The van der Waals surface area contributed by atoms with Gasteiger partial charge in [0.15, 0.2) is 0 Å². The third-order valence-corrected chi connectivity index (χ3v) is 3.37. The fourth-order valence-corrected chi connectivity index (χ4v) is 2.35. The van der Waals surface area contributed by atoms with Crippen molar-refractivity contribution in [3.05, 3.63) is 35.1 Å². The zero-order valence-electron chi connectivity index (χ0n) is 13.7.